The third-order valence-corrected chi connectivity index (χ3v) is 3.18. The van der Waals surface area contributed by atoms with Crippen LogP contribution < -0.4 is 0 Å². The van der Waals surface area contributed by atoms with Crippen LogP contribution in [0.25, 0.3) is 0 Å². The van der Waals surface area contributed by atoms with Crippen LogP contribution in [-0.2, 0) is 14.3 Å². The monoisotopic (exact) mass is 241 g/mol. The predicted molar refractivity (Wildman–Crippen MR) is 60.4 cm³/mol. The number of hydrogen-bond donors (Lipinski definition) is 0. The van der Waals surface area contributed by atoms with E-state index >= 15 is 0 Å². The number of carbonyl (C=O) groups is 2. The SMILES string of the molecule is COC(=O)[C@@H]1C[C@@H]2C[C@H]2N1C(=O)OC(C)(C)C. The average molecular weight is 241 g/mol. The van der Waals surface area contributed by atoms with Gasteiger partial charge in [0.25, 0.3) is 0 Å². The number of rotatable bonds is 1. The molecule has 1 aliphatic heterocycles. The van der Waals surface area contributed by atoms with Crippen LogP contribution in [0.5, 0.6) is 0 Å². The first-order valence-electron chi connectivity index (χ1n) is 5.92. The molecule has 0 aromatic rings. The van der Waals surface area contributed by atoms with Crippen molar-refractivity contribution in [3.8, 4) is 0 Å². The second kappa shape index (κ2) is 3.89. The van der Waals surface area contributed by atoms with Crippen molar-refractivity contribution < 1.29 is 19.1 Å². The molecule has 5 nitrogen and oxygen atoms in total. The number of carbonyl (C=O) groups excluding carboxylic acids is 2. The number of methoxy groups -OCH3 is 1. The van der Waals surface area contributed by atoms with E-state index in [4.69, 9.17) is 9.47 Å². The number of likely N-dealkylation sites (tertiary alicyclic amines) is 1. The molecule has 2 fully saturated rings. The first-order valence-corrected chi connectivity index (χ1v) is 5.92. The lowest BCUT2D eigenvalue weighted by molar-refractivity contribution is -0.146. The highest BCUT2D eigenvalue weighted by atomic mass is 16.6. The van der Waals surface area contributed by atoms with Crippen LogP contribution in [-0.4, -0.2) is 41.8 Å². The van der Waals surface area contributed by atoms with Crippen LogP contribution in [0.3, 0.4) is 0 Å². The summed E-state index contributed by atoms with van der Waals surface area (Å²) in [6.45, 7) is 5.45. The number of piperidine rings is 1. The summed E-state index contributed by atoms with van der Waals surface area (Å²) < 4.78 is 10.0. The molecule has 1 heterocycles. The summed E-state index contributed by atoms with van der Waals surface area (Å²) in [5, 5.41) is 0. The number of fused-ring (bicyclic) bond motifs is 1. The Bertz CT molecular complexity index is 347. The lowest BCUT2D eigenvalue weighted by atomic mass is 10.2. The van der Waals surface area contributed by atoms with Crippen molar-refractivity contribution in [1.29, 1.82) is 0 Å². The Labute approximate surface area is 101 Å². The summed E-state index contributed by atoms with van der Waals surface area (Å²) in [5.41, 5.74) is -0.537. The number of esters is 1. The second-order valence-corrected chi connectivity index (χ2v) is 5.73. The lowest BCUT2D eigenvalue weighted by Gasteiger charge is -2.29. The second-order valence-electron chi connectivity index (χ2n) is 5.73. The summed E-state index contributed by atoms with van der Waals surface area (Å²) in [6.07, 6.45) is 1.28. The van der Waals surface area contributed by atoms with Gasteiger partial charge in [-0.25, -0.2) is 9.59 Å². The van der Waals surface area contributed by atoms with E-state index in [1.165, 1.54) is 7.11 Å². The molecular formula is C12H19NO4. The van der Waals surface area contributed by atoms with E-state index in [-0.39, 0.29) is 12.0 Å². The van der Waals surface area contributed by atoms with E-state index in [9.17, 15) is 9.59 Å². The molecule has 0 N–H and O–H groups in total. The van der Waals surface area contributed by atoms with Crippen LogP contribution in [0.4, 0.5) is 4.79 Å². The maximum Gasteiger partial charge on any atom is 0.411 e. The van der Waals surface area contributed by atoms with Gasteiger partial charge in [-0.2, -0.15) is 0 Å². The molecule has 17 heavy (non-hydrogen) atoms. The molecule has 0 spiro atoms. The standard InChI is InChI=1S/C12H19NO4/c1-12(2,3)17-11(15)13-8-5-7(8)6-9(13)10(14)16-4/h7-9H,5-6H2,1-4H3/t7-,8+,9-/m0/s1. The third kappa shape index (κ3) is 2.37. The summed E-state index contributed by atoms with van der Waals surface area (Å²) in [5.74, 6) is 0.106. The van der Waals surface area contributed by atoms with E-state index in [1.807, 2.05) is 20.8 Å². The summed E-state index contributed by atoms with van der Waals surface area (Å²) in [6, 6.07) is -0.285. The normalized spacial score (nSPS) is 30.8. The number of amides is 1. The van der Waals surface area contributed by atoms with E-state index < -0.39 is 17.7 Å². The van der Waals surface area contributed by atoms with Gasteiger partial charge in [0.1, 0.15) is 11.6 Å². The van der Waals surface area contributed by atoms with Gasteiger partial charge < -0.3 is 9.47 Å². The van der Waals surface area contributed by atoms with Crippen LogP contribution in [0.1, 0.15) is 33.6 Å². The van der Waals surface area contributed by atoms with Crippen molar-refractivity contribution in [3.05, 3.63) is 0 Å². The Morgan fingerprint density at radius 1 is 1.24 bits per heavy atom. The van der Waals surface area contributed by atoms with Crippen LogP contribution >= 0.6 is 0 Å². The molecule has 2 aliphatic rings. The van der Waals surface area contributed by atoms with Crippen molar-refractivity contribution in [1.82, 2.24) is 4.90 Å². The van der Waals surface area contributed by atoms with Gasteiger partial charge in [0.2, 0.25) is 0 Å². The lowest BCUT2D eigenvalue weighted by Crippen LogP contribution is -2.46. The van der Waals surface area contributed by atoms with Gasteiger partial charge in [0.05, 0.1) is 7.11 Å². The van der Waals surface area contributed by atoms with Crippen LogP contribution in [0.15, 0.2) is 0 Å². The molecule has 1 aliphatic carbocycles. The molecule has 3 atom stereocenters. The smallest absolute Gasteiger partial charge is 0.411 e. The number of ether oxygens (including phenoxy) is 2. The zero-order valence-electron chi connectivity index (χ0n) is 10.7. The predicted octanol–water partition coefficient (Wildman–Crippen LogP) is 1.56. The van der Waals surface area contributed by atoms with Crippen LogP contribution in [0.2, 0.25) is 0 Å². The quantitative estimate of drug-likeness (QED) is 0.654. The molecule has 0 aromatic heterocycles. The molecule has 2 rings (SSSR count). The first kappa shape index (κ1) is 12.2. The molecule has 0 aromatic carbocycles. The Kier molecular flexibility index (Phi) is 2.79. The first-order chi connectivity index (χ1) is 7.83. The van der Waals surface area contributed by atoms with Crippen molar-refractivity contribution in [2.45, 2.75) is 51.3 Å². The van der Waals surface area contributed by atoms with Crippen molar-refractivity contribution in [3.63, 3.8) is 0 Å². The van der Waals surface area contributed by atoms with E-state index in [2.05, 4.69) is 0 Å². The van der Waals surface area contributed by atoms with E-state index in [0.29, 0.717) is 12.3 Å². The van der Waals surface area contributed by atoms with Gasteiger partial charge in [0.15, 0.2) is 0 Å². The van der Waals surface area contributed by atoms with Gasteiger partial charge in [-0.1, -0.05) is 0 Å². The third-order valence-electron chi connectivity index (χ3n) is 3.18. The molecule has 0 radical (unpaired) electrons. The summed E-state index contributed by atoms with van der Waals surface area (Å²) in [4.78, 5) is 25.2. The van der Waals surface area contributed by atoms with E-state index in [0.717, 1.165) is 6.42 Å². The zero-order chi connectivity index (χ0) is 12.8. The molecule has 1 amide bonds. The number of hydrogen-bond acceptors (Lipinski definition) is 4. The molecule has 96 valence electrons. The molecular weight excluding hydrogens is 222 g/mol. The van der Waals surface area contributed by atoms with Gasteiger partial charge >= 0.3 is 12.1 Å². The number of nitrogens with zero attached hydrogens (tertiary/aromatic N) is 1. The van der Waals surface area contributed by atoms with Crippen molar-refractivity contribution >= 4 is 12.1 Å². The molecule has 5 heteroatoms. The highest BCUT2D eigenvalue weighted by Crippen LogP contribution is 2.48. The highest BCUT2D eigenvalue weighted by Gasteiger charge is 2.57. The molecule has 1 saturated carbocycles. The maximum atomic E-state index is 12.0. The van der Waals surface area contributed by atoms with Gasteiger partial charge in [-0.05, 0) is 39.5 Å². The van der Waals surface area contributed by atoms with Crippen LogP contribution in [0, 0.1) is 5.92 Å². The Morgan fingerprint density at radius 2 is 1.88 bits per heavy atom. The fraction of sp³-hybridized carbons (Fsp3) is 0.833. The molecule has 0 unspecified atom stereocenters. The minimum Gasteiger partial charge on any atom is -0.467 e. The summed E-state index contributed by atoms with van der Waals surface area (Å²) in [7, 11) is 1.35. The Hall–Kier alpha value is -1.26. The molecule has 0 bridgehead atoms. The highest BCUT2D eigenvalue weighted by molar-refractivity contribution is 5.83. The maximum absolute atomic E-state index is 12.0. The van der Waals surface area contributed by atoms with Gasteiger partial charge in [-0.15, -0.1) is 0 Å². The van der Waals surface area contributed by atoms with Gasteiger partial charge in [-0.3, -0.25) is 4.90 Å². The van der Waals surface area contributed by atoms with E-state index in [1.54, 1.807) is 4.90 Å². The average Bonchev–Trinajstić information content (AvgIpc) is 2.85. The van der Waals surface area contributed by atoms with Crippen molar-refractivity contribution in [2.24, 2.45) is 5.92 Å². The minimum atomic E-state index is -0.537. The minimum absolute atomic E-state index is 0.175. The molecule has 1 saturated heterocycles. The Morgan fingerprint density at radius 3 is 2.41 bits per heavy atom. The summed E-state index contributed by atoms with van der Waals surface area (Å²) >= 11 is 0. The largest absolute Gasteiger partial charge is 0.467 e. The fourth-order valence-corrected chi connectivity index (χ4v) is 2.38. The zero-order valence-corrected chi connectivity index (χ0v) is 10.7. The van der Waals surface area contributed by atoms with Crippen molar-refractivity contribution in [2.75, 3.05) is 7.11 Å². The topological polar surface area (TPSA) is 55.8 Å². The Balaban J connectivity index is 2.07. The fourth-order valence-electron chi connectivity index (χ4n) is 2.38. The van der Waals surface area contributed by atoms with Gasteiger partial charge in [0, 0.05) is 6.04 Å².